The Morgan fingerprint density at radius 1 is 1.86 bits per heavy atom. The molecule has 2 unspecified atom stereocenters. The summed E-state index contributed by atoms with van der Waals surface area (Å²) in [7, 11) is 0. The first-order valence-electron chi connectivity index (χ1n) is 3.22. The normalized spacial score (nSPS) is 45.6. The second-order valence-corrected chi connectivity index (χ2v) is 1.83. The van der Waals surface area contributed by atoms with Crippen LogP contribution in [0.15, 0.2) is 0 Å². The third kappa shape index (κ3) is 1.45. The first kappa shape index (κ1) is 3.87. The Hall–Kier alpha value is -0.0800. The molecule has 0 spiro atoms. The van der Waals surface area contributed by atoms with Crippen molar-refractivity contribution in [2.24, 2.45) is 0 Å². The van der Waals surface area contributed by atoms with Crippen LogP contribution in [0.1, 0.15) is 14.2 Å². The Labute approximate surface area is 44.9 Å². The highest BCUT2D eigenvalue weighted by atomic mass is 16.3. The van der Waals surface area contributed by atoms with Gasteiger partial charge in [-0.15, -0.1) is 0 Å². The Bertz CT molecular complexity index is 68.8. The Balaban J connectivity index is 2.28. The summed E-state index contributed by atoms with van der Waals surface area (Å²) in [5, 5.41) is 11.8. The van der Waals surface area contributed by atoms with E-state index in [-0.39, 0.29) is 0 Å². The molecule has 1 heterocycles. The van der Waals surface area contributed by atoms with E-state index in [0.717, 1.165) is 19.4 Å². The topological polar surface area (TPSA) is 32.3 Å². The number of aliphatic hydroxyl groups excluding tert-OH is 1. The van der Waals surface area contributed by atoms with Gasteiger partial charge >= 0.3 is 0 Å². The molecular formula is C5H11NO. The van der Waals surface area contributed by atoms with E-state index in [2.05, 4.69) is 5.32 Å². The summed E-state index contributed by atoms with van der Waals surface area (Å²) in [5.41, 5.74) is 0. The Morgan fingerprint density at radius 2 is 2.71 bits per heavy atom. The average molecular weight is 102 g/mol. The van der Waals surface area contributed by atoms with Crippen molar-refractivity contribution in [3.63, 3.8) is 0 Å². The average Bonchev–Trinajstić information content (AvgIpc) is 1.77. The van der Waals surface area contributed by atoms with Gasteiger partial charge in [0.1, 0.15) is 0 Å². The number of aliphatic hydroxyl groups is 1. The molecule has 1 fully saturated rings. The Morgan fingerprint density at radius 3 is 3.14 bits per heavy atom. The van der Waals surface area contributed by atoms with E-state index in [0.29, 0.717) is 0 Å². The highest BCUT2D eigenvalue weighted by Crippen LogP contribution is 1.98. The number of hydrogen-bond acceptors (Lipinski definition) is 2. The fraction of sp³-hybridized carbons (Fsp3) is 1.00. The lowest BCUT2D eigenvalue weighted by molar-refractivity contribution is 0.142. The van der Waals surface area contributed by atoms with Crippen molar-refractivity contribution in [3.05, 3.63) is 0 Å². The van der Waals surface area contributed by atoms with Crippen LogP contribution in [0.3, 0.4) is 0 Å². The standard InChI is InChI=1S/C5H11NO/c7-5-2-1-3-6-4-5/h5-7H,1-4H2/i4D. The number of β-amino-alcohol motifs (C(OH)–C–C–N with tert-alkyl or cyclic N) is 1. The van der Waals surface area contributed by atoms with Crippen molar-refractivity contribution in [2.75, 3.05) is 13.1 Å². The first-order valence-corrected chi connectivity index (χ1v) is 2.64. The smallest absolute Gasteiger partial charge is 0.0665 e. The molecule has 0 aromatic heterocycles. The number of hydrogen-bond donors (Lipinski definition) is 2. The van der Waals surface area contributed by atoms with Crippen molar-refractivity contribution in [1.82, 2.24) is 5.32 Å². The largest absolute Gasteiger partial charge is 0.392 e. The van der Waals surface area contributed by atoms with E-state index in [1.54, 1.807) is 0 Å². The lowest BCUT2D eigenvalue weighted by Crippen LogP contribution is -2.33. The van der Waals surface area contributed by atoms with Gasteiger partial charge in [-0.1, -0.05) is 0 Å². The molecule has 1 aliphatic heterocycles. The molecule has 2 atom stereocenters. The van der Waals surface area contributed by atoms with Crippen LogP contribution in [0.2, 0.25) is 0 Å². The third-order valence-electron chi connectivity index (χ3n) is 1.13. The van der Waals surface area contributed by atoms with Crippen LogP contribution >= 0.6 is 0 Å². The van der Waals surface area contributed by atoms with Gasteiger partial charge in [0.2, 0.25) is 0 Å². The zero-order valence-electron chi connectivity index (χ0n) is 5.22. The summed E-state index contributed by atoms with van der Waals surface area (Å²) in [6, 6.07) is 0. The third-order valence-corrected chi connectivity index (χ3v) is 1.13. The molecule has 0 radical (unpaired) electrons. The minimum absolute atomic E-state index is 0.441. The van der Waals surface area contributed by atoms with Crippen molar-refractivity contribution < 1.29 is 6.48 Å². The van der Waals surface area contributed by atoms with Gasteiger partial charge in [0.15, 0.2) is 0 Å². The van der Waals surface area contributed by atoms with Crippen LogP contribution in [0.5, 0.6) is 0 Å². The van der Waals surface area contributed by atoms with Crippen LogP contribution < -0.4 is 5.32 Å². The molecular weight excluding hydrogens is 90.1 g/mol. The second-order valence-electron chi connectivity index (χ2n) is 1.83. The van der Waals surface area contributed by atoms with Gasteiger partial charge in [-0.2, -0.15) is 0 Å². The molecule has 0 bridgehead atoms. The van der Waals surface area contributed by atoms with Crippen LogP contribution in [0.25, 0.3) is 0 Å². The zero-order valence-corrected chi connectivity index (χ0v) is 4.22. The van der Waals surface area contributed by atoms with Gasteiger partial charge in [-0.05, 0) is 19.4 Å². The minimum Gasteiger partial charge on any atom is -0.392 e. The molecule has 1 rings (SSSR count). The molecule has 2 heteroatoms. The maximum absolute atomic E-state index is 8.93. The van der Waals surface area contributed by atoms with Crippen molar-refractivity contribution in [3.8, 4) is 0 Å². The van der Waals surface area contributed by atoms with Crippen LogP contribution in [-0.2, 0) is 0 Å². The lowest BCUT2D eigenvalue weighted by Gasteiger charge is -2.16. The predicted molar refractivity (Wildman–Crippen MR) is 28.1 cm³/mol. The number of piperidine rings is 1. The summed E-state index contributed by atoms with van der Waals surface area (Å²) in [5.74, 6) is 0. The molecule has 1 aliphatic rings. The van der Waals surface area contributed by atoms with Crippen LogP contribution in [0, 0.1) is 0 Å². The number of rotatable bonds is 0. The summed E-state index contributed by atoms with van der Waals surface area (Å²) in [6.07, 6.45) is 1.33. The SMILES string of the molecule is [2H]C1NCCCC1O. The lowest BCUT2D eigenvalue weighted by atomic mass is 10.1. The molecule has 42 valence electrons. The monoisotopic (exact) mass is 102 g/mol. The highest BCUT2D eigenvalue weighted by molar-refractivity contribution is 4.65. The molecule has 0 amide bonds. The van der Waals surface area contributed by atoms with Gasteiger partial charge in [0, 0.05) is 7.89 Å². The van der Waals surface area contributed by atoms with Gasteiger partial charge < -0.3 is 10.4 Å². The molecule has 2 nitrogen and oxygen atoms in total. The summed E-state index contributed by atoms with van der Waals surface area (Å²) >= 11 is 0. The fourth-order valence-corrected chi connectivity index (χ4v) is 0.716. The van der Waals surface area contributed by atoms with E-state index >= 15 is 0 Å². The van der Waals surface area contributed by atoms with E-state index in [9.17, 15) is 0 Å². The molecule has 0 saturated carbocycles. The summed E-state index contributed by atoms with van der Waals surface area (Å²) in [6.45, 7) is 0.439. The Kier molecular flexibility index (Phi) is 1.26. The maximum atomic E-state index is 8.93. The molecule has 7 heavy (non-hydrogen) atoms. The van der Waals surface area contributed by atoms with E-state index in [4.69, 9.17) is 6.48 Å². The quantitative estimate of drug-likeness (QED) is 0.441. The van der Waals surface area contributed by atoms with E-state index < -0.39 is 12.6 Å². The van der Waals surface area contributed by atoms with Gasteiger partial charge in [0.05, 0.1) is 6.10 Å². The minimum atomic E-state index is -0.441. The second kappa shape index (κ2) is 2.28. The molecule has 0 aromatic carbocycles. The van der Waals surface area contributed by atoms with E-state index in [1.165, 1.54) is 0 Å². The molecule has 0 aliphatic carbocycles. The van der Waals surface area contributed by atoms with Gasteiger partial charge in [-0.3, -0.25) is 0 Å². The van der Waals surface area contributed by atoms with Crippen LogP contribution in [0.4, 0.5) is 0 Å². The van der Waals surface area contributed by atoms with Crippen molar-refractivity contribution in [1.29, 1.82) is 0 Å². The molecule has 0 aromatic rings. The van der Waals surface area contributed by atoms with Crippen molar-refractivity contribution in [2.45, 2.75) is 18.9 Å². The zero-order chi connectivity index (χ0) is 5.98. The van der Waals surface area contributed by atoms with Crippen LogP contribution in [-0.4, -0.2) is 24.3 Å². The first-order chi connectivity index (χ1) is 3.80. The van der Waals surface area contributed by atoms with Gasteiger partial charge in [0.25, 0.3) is 0 Å². The summed E-state index contributed by atoms with van der Waals surface area (Å²) in [4.78, 5) is 0. The van der Waals surface area contributed by atoms with Crippen molar-refractivity contribution >= 4 is 0 Å². The maximum Gasteiger partial charge on any atom is 0.0665 e. The highest BCUT2D eigenvalue weighted by Gasteiger charge is 2.06. The predicted octanol–water partition coefficient (Wildman–Crippen LogP) is -0.269. The molecule has 2 N–H and O–H groups in total. The number of nitrogens with one attached hydrogen (secondary N) is 1. The molecule has 1 saturated heterocycles. The van der Waals surface area contributed by atoms with E-state index in [1.807, 2.05) is 0 Å². The summed E-state index contributed by atoms with van der Waals surface area (Å²) < 4.78 is 7.12. The van der Waals surface area contributed by atoms with Gasteiger partial charge in [-0.25, -0.2) is 0 Å². The fourth-order valence-electron chi connectivity index (χ4n) is 0.716.